The average molecular weight is 1190 g/mol. The lowest BCUT2D eigenvalue weighted by Gasteiger charge is -2.21. The van der Waals surface area contributed by atoms with Gasteiger partial charge >= 0.3 is 33.6 Å². The first kappa shape index (κ1) is 78.2. The molecular weight excluding hydrogens is 1070 g/mol. The molecule has 0 aliphatic heterocycles. The number of aliphatic hydroxyl groups excluding tert-OH is 2. The van der Waals surface area contributed by atoms with Crippen molar-refractivity contribution in [3.05, 3.63) is 60.8 Å². The number of carbonyl (C=O) groups is 3. The fourth-order valence-electron chi connectivity index (χ4n) is 8.30. The van der Waals surface area contributed by atoms with Crippen LogP contribution >= 0.6 is 15.6 Å². The van der Waals surface area contributed by atoms with Gasteiger partial charge in [0.2, 0.25) is 0 Å². The van der Waals surface area contributed by atoms with Gasteiger partial charge in [-0.1, -0.05) is 223 Å². The molecule has 0 aliphatic rings. The number of rotatable bonds is 60. The van der Waals surface area contributed by atoms with Crippen molar-refractivity contribution in [1.29, 1.82) is 0 Å². The molecule has 0 aromatic heterocycles. The molecule has 4 N–H and O–H groups in total. The fraction of sp³-hybridized carbons (Fsp3) is 0.794. The number of allylic oxidation sites excluding steroid dienone is 10. The van der Waals surface area contributed by atoms with E-state index in [9.17, 15) is 43.5 Å². The molecule has 472 valence electrons. The van der Waals surface area contributed by atoms with Gasteiger partial charge in [-0.05, 0) is 83.5 Å². The first-order valence-corrected chi connectivity index (χ1v) is 34.6. The highest BCUT2D eigenvalue weighted by Crippen LogP contribution is 2.45. The Labute approximate surface area is 490 Å². The molecular formula is C63H114O16P2. The fourth-order valence-corrected chi connectivity index (χ4v) is 9.88. The molecule has 0 radical (unpaired) electrons. The summed E-state index contributed by atoms with van der Waals surface area (Å²) in [5, 5.41) is 20.5. The minimum absolute atomic E-state index is 0.0975. The summed E-state index contributed by atoms with van der Waals surface area (Å²) in [5.74, 6) is -1.59. The lowest BCUT2D eigenvalue weighted by molar-refractivity contribution is -0.161. The molecule has 0 amide bonds. The Morgan fingerprint density at radius 1 is 0.346 bits per heavy atom. The number of unbranched alkanes of at least 4 members (excludes halogenated alkanes) is 27. The van der Waals surface area contributed by atoms with Crippen molar-refractivity contribution in [2.75, 3.05) is 39.6 Å². The maximum Gasteiger partial charge on any atom is 0.472 e. The van der Waals surface area contributed by atoms with Crippen molar-refractivity contribution in [2.45, 2.75) is 283 Å². The number of phosphoric ester groups is 2. The summed E-state index contributed by atoms with van der Waals surface area (Å²) >= 11 is 0. The average Bonchev–Trinajstić information content (AvgIpc) is 3.45. The van der Waals surface area contributed by atoms with Gasteiger partial charge in [0.05, 0.1) is 26.4 Å². The van der Waals surface area contributed by atoms with Gasteiger partial charge in [0.15, 0.2) is 6.10 Å². The molecule has 0 spiro atoms. The van der Waals surface area contributed by atoms with E-state index in [4.69, 9.17) is 32.3 Å². The Hall–Kier alpha value is -2.75. The van der Waals surface area contributed by atoms with E-state index in [-0.39, 0.29) is 19.3 Å². The first-order valence-electron chi connectivity index (χ1n) is 31.6. The number of aliphatic hydroxyl groups is 2. The number of phosphoric acid groups is 2. The van der Waals surface area contributed by atoms with Gasteiger partial charge in [-0.3, -0.25) is 32.5 Å². The van der Waals surface area contributed by atoms with Crippen LogP contribution in [0.15, 0.2) is 60.8 Å². The Balaban J connectivity index is 4.56. The lowest BCUT2D eigenvalue weighted by Crippen LogP contribution is -2.30. The molecule has 0 aromatic carbocycles. The van der Waals surface area contributed by atoms with Crippen molar-refractivity contribution in [3.8, 4) is 0 Å². The second kappa shape index (κ2) is 57.7. The van der Waals surface area contributed by atoms with Crippen molar-refractivity contribution < 1.29 is 75.8 Å². The molecule has 0 aliphatic carbocycles. The van der Waals surface area contributed by atoms with Crippen LogP contribution < -0.4 is 0 Å². The highest BCUT2D eigenvalue weighted by molar-refractivity contribution is 7.47. The van der Waals surface area contributed by atoms with Crippen LogP contribution in [0.5, 0.6) is 0 Å². The number of esters is 3. The van der Waals surface area contributed by atoms with E-state index < -0.39 is 91.5 Å². The molecule has 0 saturated heterocycles. The zero-order valence-electron chi connectivity index (χ0n) is 50.7. The minimum Gasteiger partial charge on any atom is -0.463 e. The molecule has 0 aromatic rings. The van der Waals surface area contributed by atoms with Crippen LogP contribution in [0.4, 0.5) is 0 Å². The maximum absolute atomic E-state index is 12.8. The normalized spacial score (nSPS) is 14.8. The van der Waals surface area contributed by atoms with Gasteiger partial charge in [-0.15, -0.1) is 0 Å². The zero-order valence-corrected chi connectivity index (χ0v) is 52.5. The van der Waals surface area contributed by atoms with E-state index in [0.29, 0.717) is 19.3 Å². The summed E-state index contributed by atoms with van der Waals surface area (Å²) in [5.41, 5.74) is 0. The lowest BCUT2D eigenvalue weighted by atomic mass is 10.0. The highest BCUT2D eigenvalue weighted by Gasteiger charge is 2.29. The van der Waals surface area contributed by atoms with E-state index in [0.717, 1.165) is 109 Å². The van der Waals surface area contributed by atoms with E-state index in [1.807, 2.05) is 0 Å². The topological polar surface area (TPSA) is 231 Å². The smallest absolute Gasteiger partial charge is 0.463 e. The molecule has 0 heterocycles. The van der Waals surface area contributed by atoms with Gasteiger partial charge in [0.1, 0.15) is 25.4 Å². The van der Waals surface area contributed by atoms with E-state index in [2.05, 4.69) is 81.5 Å². The van der Waals surface area contributed by atoms with E-state index in [1.165, 1.54) is 96.3 Å². The van der Waals surface area contributed by atoms with E-state index in [1.54, 1.807) is 0 Å². The van der Waals surface area contributed by atoms with Gasteiger partial charge in [-0.2, -0.15) is 0 Å². The van der Waals surface area contributed by atoms with Crippen LogP contribution in [0.3, 0.4) is 0 Å². The molecule has 0 rings (SSSR count). The minimum atomic E-state index is -4.91. The third-order valence-electron chi connectivity index (χ3n) is 13.2. The van der Waals surface area contributed by atoms with Crippen LogP contribution in [0, 0.1) is 0 Å². The summed E-state index contributed by atoms with van der Waals surface area (Å²) < 4.78 is 60.6. The molecule has 0 saturated carbocycles. The van der Waals surface area contributed by atoms with Crippen LogP contribution in [0.1, 0.15) is 265 Å². The predicted molar refractivity (Wildman–Crippen MR) is 325 cm³/mol. The van der Waals surface area contributed by atoms with E-state index >= 15 is 0 Å². The monoisotopic (exact) mass is 1190 g/mol. The summed E-state index contributed by atoms with van der Waals surface area (Å²) in [4.78, 5) is 58.1. The van der Waals surface area contributed by atoms with Crippen LogP contribution in [-0.2, 0) is 55.8 Å². The first-order chi connectivity index (χ1) is 39.2. The summed E-state index contributed by atoms with van der Waals surface area (Å²) in [7, 11) is -9.76. The highest BCUT2D eigenvalue weighted by atomic mass is 31.2. The predicted octanol–water partition coefficient (Wildman–Crippen LogP) is 16.6. The summed E-state index contributed by atoms with van der Waals surface area (Å²) in [6.07, 6.45) is 55.8. The Morgan fingerprint density at radius 3 is 1.05 bits per heavy atom. The van der Waals surface area contributed by atoms with Crippen LogP contribution in [-0.4, -0.2) is 95.9 Å². The van der Waals surface area contributed by atoms with Crippen molar-refractivity contribution >= 4 is 33.6 Å². The molecule has 0 bridgehead atoms. The largest absolute Gasteiger partial charge is 0.472 e. The summed E-state index contributed by atoms with van der Waals surface area (Å²) in [6.45, 7) is 2.57. The van der Waals surface area contributed by atoms with Gasteiger partial charge in [0.25, 0.3) is 0 Å². The van der Waals surface area contributed by atoms with Crippen molar-refractivity contribution in [2.24, 2.45) is 0 Å². The molecule has 0 fully saturated rings. The molecule has 5 atom stereocenters. The molecule has 18 heteroatoms. The summed E-state index contributed by atoms with van der Waals surface area (Å²) in [6, 6.07) is 0. The van der Waals surface area contributed by atoms with Crippen LogP contribution in [0.25, 0.3) is 0 Å². The third kappa shape index (κ3) is 58.8. The number of carbonyl (C=O) groups excluding carboxylic acids is 3. The quantitative estimate of drug-likeness (QED) is 0.0146. The van der Waals surface area contributed by atoms with Crippen molar-refractivity contribution in [1.82, 2.24) is 0 Å². The maximum atomic E-state index is 12.8. The van der Waals surface area contributed by atoms with Crippen LogP contribution in [0.2, 0.25) is 0 Å². The second-order valence-corrected chi connectivity index (χ2v) is 24.1. The molecule has 81 heavy (non-hydrogen) atoms. The zero-order chi connectivity index (χ0) is 59.6. The Kier molecular flexibility index (Phi) is 55.7. The van der Waals surface area contributed by atoms with Gasteiger partial charge in [-0.25, -0.2) is 9.13 Å². The molecule has 5 unspecified atom stereocenters. The standard InChI is InChI=1S/C63H114O16P2/c1-4-7-10-13-16-19-22-24-25-26-27-28-29-30-31-33-36-37-40-43-46-49-61(66)73-52-58(64)53-75-80(69,70)76-54-59(65)55-77-81(71,72)78-57-60(79-63(68)51-48-45-42-39-34-21-18-15-12-9-6-3)56-74-62(67)50-47-44-41-38-35-32-23-20-17-14-11-8-5-2/h15-16,18-19,24-25,27-28,30-31,58-60,64-65H,4-14,17,20-23,26,29,32-57H2,1-3H3,(H,69,70)(H,71,72)/b18-15-,19-16-,25-24-,28-27-,31-30-. The molecule has 16 nitrogen and oxygen atoms in total. The second-order valence-electron chi connectivity index (χ2n) is 21.2. The van der Waals surface area contributed by atoms with Gasteiger partial charge < -0.3 is 34.2 Å². The number of hydrogen-bond acceptors (Lipinski definition) is 14. The number of hydrogen-bond donors (Lipinski definition) is 4. The number of ether oxygens (including phenoxy) is 3. The Morgan fingerprint density at radius 2 is 0.630 bits per heavy atom. The Bertz CT molecular complexity index is 1730. The van der Waals surface area contributed by atoms with Gasteiger partial charge in [0, 0.05) is 19.3 Å². The third-order valence-corrected chi connectivity index (χ3v) is 15.1. The van der Waals surface area contributed by atoms with Crippen molar-refractivity contribution in [3.63, 3.8) is 0 Å². The SMILES string of the molecule is CCCC/C=C\CCCCCCCC(=O)OC(COC(=O)CCCCCCCCCCCCCCC)COP(=O)(O)OCC(O)COP(=O)(O)OCC(O)COC(=O)CCCCCCC/C=C\C/C=C\C/C=C\C/C=C\CCCCC.